The van der Waals surface area contributed by atoms with Crippen molar-refractivity contribution in [2.45, 2.75) is 18.6 Å². The zero-order valence-electron chi connectivity index (χ0n) is 18.1. The summed E-state index contributed by atoms with van der Waals surface area (Å²) in [5, 5.41) is 3.02. The molecule has 2 aromatic rings. The van der Waals surface area contributed by atoms with E-state index >= 15 is 0 Å². The van der Waals surface area contributed by atoms with Gasteiger partial charge >= 0.3 is 12.1 Å². The number of nitrogens with zero attached hydrogens (tertiary/aromatic N) is 2. The Bertz CT molecular complexity index is 925. The fourth-order valence-corrected chi connectivity index (χ4v) is 4.28. The maximum Gasteiger partial charge on any atom is 0.409 e. The molecule has 2 aliphatic rings. The van der Waals surface area contributed by atoms with Crippen molar-refractivity contribution >= 4 is 12.1 Å². The molecule has 0 saturated carbocycles. The van der Waals surface area contributed by atoms with Crippen molar-refractivity contribution in [3.63, 3.8) is 0 Å². The molecule has 32 heavy (non-hydrogen) atoms. The number of carbonyl (C=O) groups is 2. The van der Waals surface area contributed by atoms with Gasteiger partial charge in [0.05, 0.1) is 20.2 Å². The van der Waals surface area contributed by atoms with E-state index in [0.717, 1.165) is 17.5 Å². The quantitative estimate of drug-likeness (QED) is 0.785. The highest BCUT2D eigenvalue weighted by Crippen LogP contribution is 2.33. The highest BCUT2D eigenvalue weighted by molar-refractivity contribution is 5.74. The number of hydrogen-bond donors (Lipinski definition) is 1. The summed E-state index contributed by atoms with van der Waals surface area (Å²) in [5.41, 5.74) is 1.82. The number of benzene rings is 2. The van der Waals surface area contributed by atoms with Crippen LogP contribution in [-0.2, 0) is 9.47 Å². The molecular weight excluding hydrogens is 413 g/mol. The lowest BCUT2D eigenvalue weighted by Gasteiger charge is -2.38. The van der Waals surface area contributed by atoms with Gasteiger partial charge in [-0.3, -0.25) is 0 Å². The van der Waals surface area contributed by atoms with Crippen LogP contribution in [-0.4, -0.2) is 61.8 Å². The van der Waals surface area contributed by atoms with E-state index in [-0.39, 0.29) is 36.1 Å². The van der Waals surface area contributed by atoms with Crippen LogP contribution in [0.3, 0.4) is 0 Å². The predicted molar refractivity (Wildman–Crippen MR) is 116 cm³/mol. The van der Waals surface area contributed by atoms with E-state index in [1.165, 1.54) is 19.2 Å². The molecule has 0 aromatic heterocycles. The van der Waals surface area contributed by atoms with Gasteiger partial charge in [0.2, 0.25) is 0 Å². The molecule has 1 N–H and O–H groups in total. The molecule has 7 nitrogen and oxygen atoms in total. The second kappa shape index (κ2) is 9.99. The number of morpholine rings is 1. The number of methoxy groups -OCH3 is 1. The van der Waals surface area contributed by atoms with Crippen LogP contribution >= 0.6 is 0 Å². The normalized spacial score (nSPS) is 23.1. The van der Waals surface area contributed by atoms with Gasteiger partial charge in [0, 0.05) is 19.6 Å². The minimum absolute atomic E-state index is 0.169. The van der Waals surface area contributed by atoms with Gasteiger partial charge < -0.3 is 24.6 Å². The summed E-state index contributed by atoms with van der Waals surface area (Å²) in [4.78, 5) is 28.1. The van der Waals surface area contributed by atoms with Crippen molar-refractivity contribution in [3.8, 4) is 0 Å². The smallest absolute Gasteiger partial charge is 0.409 e. The standard InChI is InChI=1S/C24H28FN3O4/c1-31-24(30)27-12-11-17(14-27)13-26-23(29)28-15-21(18-5-3-2-4-6-18)32-22(16-28)19-7-9-20(25)10-8-19/h2-10,17,21-22H,11-16H2,1H3,(H,26,29). The van der Waals surface area contributed by atoms with E-state index in [0.29, 0.717) is 32.7 Å². The summed E-state index contributed by atoms with van der Waals surface area (Å²) in [6.45, 7) is 2.49. The van der Waals surface area contributed by atoms with E-state index < -0.39 is 0 Å². The largest absolute Gasteiger partial charge is 0.453 e. The first-order chi connectivity index (χ1) is 15.5. The summed E-state index contributed by atoms with van der Waals surface area (Å²) < 4.78 is 24.5. The van der Waals surface area contributed by atoms with Crippen molar-refractivity contribution in [1.82, 2.24) is 15.1 Å². The second-order valence-corrected chi connectivity index (χ2v) is 8.24. The van der Waals surface area contributed by atoms with Crippen molar-refractivity contribution in [2.24, 2.45) is 5.92 Å². The van der Waals surface area contributed by atoms with Gasteiger partial charge in [0.25, 0.3) is 0 Å². The number of nitrogens with one attached hydrogen (secondary N) is 1. The number of urea groups is 1. The third-order valence-corrected chi connectivity index (χ3v) is 6.06. The first kappa shape index (κ1) is 22.1. The second-order valence-electron chi connectivity index (χ2n) is 8.24. The Kier molecular flexibility index (Phi) is 6.90. The van der Waals surface area contributed by atoms with Crippen LogP contribution in [0.4, 0.5) is 14.0 Å². The molecule has 2 fully saturated rings. The molecule has 0 radical (unpaired) electrons. The summed E-state index contributed by atoms with van der Waals surface area (Å²) in [6.07, 6.45) is -0.155. The van der Waals surface area contributed by atoms with E-state index in [1.807, 2.05) is 30.3 Å². The van der Waals surface area contributed by atoms with Crippen LogP contribution in [0, 0.1) is 11.7 Å². The first-order valence-corrected chi connectivity index (χ1v) is 10.8. The van der Waals surface area contributed by atoms with E-state index in [2.05, 4.69) is 5.32 Å². The lowest BCUT2D eigenvalue weighted by molar-refractivity contribution is -0.0767. The predicted octanol–water partition coefficient (Wildman–Crippen LogP) is 3.74. The summed E-state index contributed by atoms with van der Waals surface area (Å²) in [6, 6.07) is 15.8. The fraction of sp³-hybridized carbons (Fsp3) is 0.417. The number of carbonyl (C=O) groups excluding carboxylic acids is 2. The highest BCUT2D eigenvalue weighted by atomic mass is 19.1. The van der Waals surface area contributed by atoms with E-state index in [9.17, 15) is 14.0 Å². The van der Waals surface area contributed by atoms with Gasteiger partial charge in [-0.15, -0.1) is 0 Å². The third kappa shape index (κ3) is 5.19. The molecule has 3 atom stereocenters. The maximum atomic E-state index is 13.4. The summed E-state index contributed by atoms with van der Waals surface area (Å²) in [5.74, 6) is -0.117. The Balaban J connectivity index is 1.42. The van der Waals surface area contributed by atoms with Gasteiger partial charge in [0.15, 0.2) is 0 Å². The Hall–Kier alpha value is -3.13. The number of ether oxygens (including phenoxy) is 2. The molecule has 2 aliphatic heterocycles. The molecular formula is C24H28FN3O4. The molecule has 170 valence electrons. The number of rotatable bonds is 4. The molecule has 2 heterocycles. The Morgan fingerprint density at radius 2 is 1.66 bits per heavy atom. The molecule has 0 spiro atoms. The van der Waals surface area contributed by atoms with Gasteiger partial charge in [-0.2, -0.15) is 0 Å². The third-order valence-electron chi connectivity index (χ3n) is 6.06. The molecule has 8 heteroatoms. The Morgan fingerprint density at radius 1 is 1.00 bits per heavy atom. The average molecular weight is 442 g/mol. The van der Waals surface area contributed by atoms with Crippen molar-refractivity contribution in [3.05, 3.63) is 71.5 Å². The topological polar surface area (TPSA) is 71.1 Å². The monoisotopic (exact) mass is 441 g/mol. The number of amides is 3. The van der Waals surface area contributed by atoms with Gasteiger partial charge in [-0.05, 0) is 35.6 Å². The van der Waals surface area contributed by atoms with Gasteiger partial charge in [-0.1, -0.05) is 42.5 Å². The molecule has 2 aromatic carbocycles. The van der Waals surface area contributed by atoms with E-state index in [1.54, 1.807) is 21.9 Å². The van der Waals surface area contributed by atoms with Crippen molar-refractivity contribution in [2.75, 3.05) is 39.8 Å². The molecule has 2 saturated heterocycles. The van der Waals surface area contributed by atoms with Gasteiger partial charge in [-0.25, -0.2) is 14.0 Å². The SMILES string of the molecule is COC(=O)N1CCC(CNC(=O)N2CC(c3ccccc3)OC(c3ccc(F)cc3)C2)C1. The zero-order valence-corrected chi connectivity index (χ0v) is 18.1. The first-order valence-electron chi connectivity index (χ1n) is 10.8. The lowest BCUT2D eigenvalue weighted by Crippen LogP contribution is -2.49. The molecule has 4 rings (SSSR count). The number of halogens is 1. The van der Waals surface area contributed by atoms with Crippen LogP contribution in [0.25, 0.3) is 0 Å². The Labute approximate surface area is 187 Å². The molecule has 0 aliphatic carbocycles. The Morgan fingerprint density at radius 3 is 2.31 bits per heavy atom. The van der Waals surface area contributed by atoms with Crippen molar-refractivity contribution < 1.29 is 23.5 Å². The van der Waals surface area contributed by atoms with E-state index in [4.69, 9.17) is 9.47 Å². The fourth-order valence-electron chi connectivity index (χ4n) is 4.28. The van der Waals surface area contributed by atoms with Crippen LogP contribution in [0.2, 0.25) is 0 Å². The molecule has 3 amide bonds. The maximum absolute atomic E-state index is 13.4. The van der Waals surface area contributed by atoms with Crippen molar-refractivity contribution in [1.29, 1.82) is 0 Å². The number of hydrogen-bond acceptors (Lipinski definition) is 4. The van der Waals surface area contributed by atoms with Gasteiger partial charge in [0.1, 0.15) is 18.0 Å². The highest BCUT2D eigenvalue weighted by Gasteiger charge is 2.33. The van der Waals surface area contributed by atoms with Crippen LogP contribution in [0.5, 0.6) is 0 Å². The lowest BCUT2D eigenvalue weighted by atomic mass is 10.0. The minimum Gasteiger partial charge on any atom is -0.453 e. The summed E-state index contributed by atoms with van der Waals surface area (Å²) in [7, 11) is 1.37. The number of likely N-dealkylation sites (tertiary alicyclic amines) is 1. The molecule has 3 unspecified atom stereocenters. The minimum atomic E-state index is -0.360. The van der Waals surface area contributed by atoms with Crippen LogP contribution < -0.4 is 5.32 Å². The zero-order chi connectivity index (χ0) is 22.5. The van der Waals surface area contributed by atoms with Crippen LogP contribution in [0.1, 0.15) is 29.8 Å². The average Bonchev–Trinajstić information content (AvgIpc) is 3.32. The summed E-state index contributed by atoms with van der Waals surface area (Å²) >= 11 is 0. The molecule has 0 bridgehead atoms. The van der Waals surface area contributed by atoms with Crippen LogP contribution in [0.15, 0.2) is 54.6 Å².